The normalized spacial score (nSPS) is 18.6. The molecule has 154 valence electrons. The molecular weight excluding hydrogens is 352 g/mol. The average molecular weight is 387 g/mol. The van der Waals surface area contributed by atoms with Gasteiger partial charge >= 0.3 is 6.03 Å². The summed E-state index contributed by atoms with van der Waals surface area (Å²) in [4.78, 5) is 27.5. The fraction of sp³-hybridized carbons (Fsp3) is 0.636. The number of anilines is 2. The lowest BCUT2D eigenvalue weighted by molar-refractivity contribution is 0.0939. The van der Waals surface area contributed by atoms with Crippen LogP contribution < -0.4 is 20.9 Å². The Balaban J connectivity index is 1.73. The molecule has 3 N–H and O–H groups in total. The van der Waals surface area contributed by atoms with Crippen molar-refractivity contribution in [3.8, 4) is 0 Å². The van der Waals surface area contributed by atoms with Gasteiger partial charge in [-0.2, -0.15) is 0 Å². The highest BCUT2D eigenvalue weighted by Crippen LogP contribution is 2.28. The largest absolute Gasteiger partial charge is 0.371 e. The van der Waals surface area contributed by atoms with Crippen LogP contribution >= 0.6 is 0 Å². The highest BCUT2D eigenvalue weighted by Gasteiger charge is 2.22. The van der Waals surface area contributed by atoms with Crippen LogP contribution in [-0.2, 0) is 0 Å². The standard InChI is InChI=1S/C22H34N4O2/c1-3-16(2)23-21(27)19-15-18(11-12-20(19)26-13-7-8-14-26)25-22(28)24-17-9-5-4-6-10-17/h11-12,15-17H,3-10,13-14H2,1-2H3,(H,23,27)(H2,24,25,28). The second kappa shape index (κ2) is 9.80. The molecule has 3 amide bonds. The Morgan fingerprint density at radius 1 is 1.11 bits per heavy atom. The number of hydrogen-bond acceptors (Lipinski definition) is 3. The van der Waals surface area contributed by atoms with E-state index in [4.69, 9.17) is 0 Å². The number of urea groups is 1. The van der Waals surface area contributed by atoms with Gasteiger partial charge in [0.1, 0.15) is 0 Å². The minimum absolute atomic E-state index is 0.0763. The molecule has 1 saturated heterocycles. The van der Waals surface area contributed by atoms with E-state index in [2.05, 4.69) is 27.8 Å². The van der Waals surface area contributed by atoms with E-state index < -0.39 is 0 Å². The second-order valence-corrected chi connectivity index (χ2v) is 8.14. The molecular formula is C22H34N4O2. The summed E-state index contributed by atoms with van der Waals surface area (Å²) in [7, 11) is 0. The number of carbonyl (C=O) groups excluding carboxylic acids is 2. The van der Waals surface area contributed by atoms with Crippen LogP contribution in [0.1, 0.15) is 75.6 Å². The van der Waals surface area contributed by atoms with Crippen molar-refractivity contribution in [3.05, 3.63) is 23.8 Å². The first kappa shape index (κ1) is 20.5. The van der Waals surface area contributed by atoms with Gasteiger partial charge in [-0.3, -0.25) is 4.79 Å². The highest BCUT2D eigenvalue weighted by atomic mass is 16.2. The Labute approximate surface area is 168 Å². The van der Waals surface area contributed by atoms with Crippen LogP contribution in [0.3, 0.4) is 0 Å². The van der Waals surface area contributed by atoms with E-state index in [1.54, 1.807) is 0 Å². The maximum absolute atomic E-state index is 12.9. The van der Waals surface area contributed by atoms with Gasteiger partial charge in [-0.25, -0.2) is 4.79 Å². The Morgan fingerprint density at radius 3 is 2.50 bits per heavy atom. The van der Waals surface area contributed by atoms with Crippen molar-refractivity contribution < 1.29 is 9.59 Å². The number of amides is 3. The monoisotopic (exact) mass is 386 g/mol. The van der Waals surface area contributed by atoms with Gasteiger partial charge < -0.3 is 20.9 Å². The van der Waals surface area contributed by atoms with E-state index in [1.165, 1.54) is 19.3 Å². The van der Waals surface area contributed by atoms with Crippen LogP contribution in [0.15, 0.2) is 18.2 Å². The first-order chi connectivity index (χ1) is 13.6. The summed E-state index contributed by atoms with van der Waals surface area (Å²) in [5, 5.41) is 9.05. The fourth-order valence-corrected chi connectivity index (χ4v) is 4.03. The van der Waals surface area contributed by atoms with Gasteiger partial charge in [0.2, 0.25) is 0 Å². The van der Waals surface area contributed by atoms with Crippen molar-refractivity contribution in [2.24, 2.45) is 0 Å². The molecule has 0 bridgehead atoms. The Morgan fingerprint density at radius 2 is 1.82 bits per heavy atom. The molecule has 1 saturated carbocycles. The minimum atomic E-state index is -0.186. The van der Waals surface area contributed by atoms with E-state index in [1.807, 2.05) is 25.1 Å². The van der Waals surface area contributed by atoms with Crippen molar-refractivity contribution >= 4 is 23.3 Å². The Bertz CT molecular complexity index is 679. The summed E-state index contributed by atoms with van der Waals surface area (Å²) in [6.45, 7) is 6.00. The van der Waals surface area contributed by atoms with Crippen LogP contribution in [-0.4, -0.2) is 37.1 Å². The maximum atomic E-state index is 12.9. The number of nitrogens with zero attached hydrogens (tertiary/aromatic N) is 1. The predicted molar refractivity (Wildman–Crippen MR) is 114 cm³/mol. The third kappa shape index (κ3) is 5.40. The molecule has 28 heavy (non-hydrogen) atoms. The molecule has 6 heteroatoms. The highest BCUT2D eigenvalue weighted by molar-refractivity contribution is 6.02. The molecule has 0 radical (unpaired) electrons. The number of rotatable bonds is 6. The summed E-state index contributed by atoms with van der Waals surface area (Å²) >= 11 is 0. The van der Waals surface area contributed by atoms with Crippen LogP contribution in [0.25, 0.3) is 0 Å². The molecule has 1 aromatic carbocycles. The first-order valence-electron chi connectivity index (χ1n) is 10.8. The lowest BCUT2D eigenvalue weighted by Gasteiger charge is -2.24. The van der Waals surface area contributed by atoms with Gasteiger partial charge in [-0.15, -0.1) is 0 Å². The van der Waals surface area contributed by atoms with Crippen molar-refractivity contribution in [1.29, 1.82) is 0 Å². The molecule has 1 atom stereocenters. The average Bonchev–Trinajstić information content (AvgIpc) is 3.23. The number of carbonyl (C=O) groups is 2. The summed E-state index contributed by atoms with van der Waals surface area (Å²) in [6, 6.07) is 5.86. The minimum Gasteiger partial charge on any atom is -0.371 e. The second-order valence-electron chi connectivity index (χ2n) is 8.14. The molecule has 2 aliphatic rings. The third-order valence-corrected chi connectivity index (χ3v) is 5.88. The number of hydrogen-bond donors (Lipinski definition) is 3. The lowest BCUT2D eigenvalue weighted by atomic mass is 9.96. The van der Waals surface area contributed by atoms with E-state index in [9.17, 15) is 9.59 Å². The van der Waals surface area contributed by atoms with E-state index in [0.29, 0.717) is 11.3 Å². The van der Waals surface area contributed by atoms with Crippen LogP contribution in [0.5, 0.6) is 0 Å². The van der Waals surface area contributed by atoms with Gasteiger partial charge in [0.05, 0.1) is 5.56 Å². The Kier molecular flexibility index (Phi) is 7.18. The van der Waals surface area contributed by atoms with Crippen molar-refractivity contribution in [2.45, 2.75) is 77.3 Å². The first-order valence-corrected chi connectivity index (χ1v) is 10.8. The van der Waals surface area contributed by atoms with Gasteiger partial charge in [0.15, 0.2) is 0 Å². The Hall–Kier alpha value is -2.24. The van der Waals surface area contributed by atoms with Crippen LogP contribution in [0.2, 0.25) is 0 Å². The molecule has 0 aromatic heterocycles. The zero-order chi connectivity index (χ0) is 19.9. The van der Waals surface area contributed by atoms with Crippen molar-refractivity contribution in [1.82, 2.24) is 10.6 Å². The summed E-state index contributed by atoms with van der Waals surface area (Å²) < 4.78 is 0. The van der Waals surface area contributed by atoms with Crippen LogP contribution in [0.4, 0.5) is 16.2 Å². The van der Waals surface area contributed by atoms with E-state index >= 15 is 0 Å². The van der Waals surface area contributed by atoms with E-state index in [-0.39, 0.29) is 24.0 Å². The summed E-state index contributed by atoms with van der Waals surface area (Å²) in [6.07, 6.45) is 8.88. The zero-order valence-corrected chi connectivity index (χ0v) is 17.2. The number of nitrogens with one attached hydrogen (secondary N) is 3. The molecule has 3 rings (SSSR count). The summed E-state index contributed by atoms with van der Waals surface area (Å²) in [5.74, 6) is -0.0763. The molecule has 1 aliphatic carbocycles. The maximum Gasteiger partial charge on any atom is 0.319 e. The number of benzene rings is 1. The van der Waals surface area contributed by atoms with Crippen LogP contribution in [0, 0.1) is 0 Å². The van der Waals surface area contributed by atoms with Gasteiger partial charge in [0, 0.05) is 36.5 Å². The third-order valence-electron chi connectivity index (χ3n) is 5.88. The SMILES string of the molecule is CCC(C)NC(=O)c1cc(NC(=O)NC2CCCCC2)ccc1N1CCCC1. The summed E-state index contributed by atoms with van der Waals surface area (Å²) in [5.41, 5.74) is 2.25. The van der Waals surface area contributed by atoms with Crippen molar-refractivity contribution in [3.63, 3.8) is 0 Å². The van der Waals surface area contributed by atoms with Crippen molar-refractivity contribution in [2.75, 3.05) is 23.3 Å². The predicted octanol–water partition coefficient (Wildman–Crippen LogP) is 4.27. The fourth-order valence-electron chi connectivity index (χ4n) is 4.03. The molecule has 6 nitrogen and oxygen atoms in total. The smallest absolute Gasteiger partial charge is 0.319 e. The van der Waals surface area contributed by atoms with Gasteiger partial charge in [-0.1, -0.05) is 26.2 Å². The van der Waals surface area contributed by atoms with E-state index in [0.717, 1.165) is 50.9 Å². The zero-order valence-electron chi connectivity index (χ0n) is 17.2. The molecule has 1 heterocycles. The van der Waals surface area contributed by atoms with Gasteiger partial charge in [-0.05, 0) is 57.2 Å². The molecule has 1 unspecified atom stereocenters. The quantitative estimate of drug-likeness (QED) is 0.683. The van der Waals surface area contributed by atoms with Gasteiger partial charge in [0.25, 0.3) is 5.91 Å². The topological polar surface area (TPSA) is 73.5 Å². The molecule has 2 fully saturated rings. The molecule has 1 aliphatic heterocycles. The lowest BCUT2D eigenvalue weighted by Crippen LogP contribution is -2.39. The molecule has 1 aromatic rings. The molecule has 0 spiro atoms.